The van der Waals surface area contributed by atoms with Crippen molar-refractivity contribution < 1.29 is 17.9 Å². The summed E-state index contributed by atoms with van der Waals surface area (Å²) in [5.41, 5.74) is 1.75. The van der Waals surface area contributed by atoms with Gasteiger partial charge < -0.3 is 9.64 Å². The summed E-state index contributed by atoms with van der Waals surface area (Å²) in [5, 5.41) is 0.466. The molecule has 0 fully saturated rings. The van der Waals surface area contributed by atoms with Gasteiger partial charge in [-0.15, -0.1) is 0 Å². The van der Waals surface area contributed by atoms with Crippen LogP contribution in [0, 0.1) is 0 Å². The number of nitrogens with zero attached hydrogens (tertiary/aromatic N) is 1. The van der Waals surface area contributed by atoms with Crippen LogP contribution in [-0.2, 0) is 15.8 Å². The molecule has 0 atom stereocenters. The largest absolute Gasteiger partial charge is 0.454 e. The molecule has 1 N–H and O–H groups in total. The number of hydrogen-bond acceptors (Lipinski definition) is 4. The number of halogens is 1. The zero-order valence-corrected chi connectivity index (χ0v) is 17.0. The molecule has 0 saturated heterocycles. The van der Waals surface area contributed by atoms with Crippen molar-refractivity contribution in [3.63, 3.8) is 0 Å². The van der Waals surface area contributed by atoms with Crippen molar-refractivity contribution in [2.24, 2.45) is 0 Å². The minimum absolute atomic E-state index is 0.236. The lowest BCUT2D eigenvalue weighted by Gasteiger charge is -2.16. The average molecular weight is 429 g/mol. The van der Waals surface area contributed by atoms with Gasteiger partial charge in [0.1, 0.15) is 5.75 Å². The van der Waals surface area contributed by atoms with Crippen LogP contribution < -0.4 is 14.4 Å². The number of rotatable bonds is 4. The molecule has 148 valence electrons. The number of sulfonamides is 1. The number of ether oxygens (including phenoxy) is 1. The molecule has 0 bridgehead atoms. The molecule has 3 aromatic carbocycles. The molecule has 1 amide bonds. The number of amides is 1. The number of benzene rings is 3. The maximum absolute atomic E-state index is 12.9. The minimum Gasteiger partial charge on any atom is -0.454 e. The first kappa shape index (κ1) is 19.3. The molecule has 29 heavy (non-hydrogen) atoms. The molecule has 1 heterocycles. The van der Waals surface area contributed by atoms with Crippen molar-refractivity contribution in [2.75, 3.05) is 16.7 Å². The second-order valence-electron chi connectivity index (χ2n) is 6.64. The summed E-state index contributed by atoms with van der Waals surface area (Å²) in [6, 6.07) is 18.5. The van der Waals surface area contributed by atoms with Crippen molar-refractivity contribution in [2.45, 2.75) is 5.75 Å². The van der Waals surface area contributed by atoms with Gasteiger partial charge in [-0.3, -0.25) is 9.52 Å². The van der Waals surface area contributed by atoms with Gasteiger partial charge in [-0.25, -0.2) is 8.42 Å². The normalized spacial score (nSPS) is 13.2. The van der Waals surface area contributed by atoms with E-state index in [9.17, 15) is 13.2 Å². The first-order valence-electron chi connectivity index (χ1n) is 8.76. The molecular weight excluding hydrogens is 412 g/mol. The van der Waals surface area contributed by atoms with Crippen LogP contribution in [0.1, 0.15) is 15.9 Å². The molecule has 4 rings (SSSR count). The summed E-state index contributed by atoms with van der Waals surface area (Å²) >= 11 is 5.93. The third-order valence-corrected chi connectivity index (χ3v) is 5.98. The Morgan fingerprint density at radius 1 is 1.00 bits per heavy atom. The molecule has 1 aliphatic heterocycles. The van der Waals surface area contributed by atoms with Gasteiger partial charge >= 0.3 is 0 Å². The molecule has 0 spiro atoms. The Morgan fingerprint density at radius 2 is 1.79 bits per heavy atom. The van der Waals surface area contributed by atoms with Gasteiger partial charge in [0, 0.05) is 17.8 Å². The highest BCUT2D eigenvalue weighted by Gasteiger charge is 2.26. The van der Waals surface area contributed by atoms with Gasteiger partial charge in [-0.1, -0.05) is 35.9 Å². The number of para-hydroxylation sites is 2. The minimum atomic E-state index is -3.70. The van der Waals surface area contributed by atoms with Crippen LogP contribution in [-0.4, -0.2) is 21.4 Å². The van der Waals surface area contributed by atoms with Crippen LogP contribution in [0.3, 0.4) is 0 Å². The van der Waals surface area contributed by atoms with Gasteiger partial charge in [-0.05, 0) is 48.0 Å². The van der Waals surface area contributed by atoms with E-state index in [1.54, 1.807) is 55.6 Å². The van der Waals surface area contributed by atoms with Gasteiger partial charge in [0.15, 0.2) is 5.75 Å². The van der Waals surface area contributed by atoms with Crippen molar-refractivity contribution in [3.8, 4) is 11.5 Å². The lowest BCUT2D eigenvalue weighted by molar-refractivity contribution is 0.0993. The quantitative estimate of drug-likeness (QED) is 0.655. The van der Waals surface area contributed by atoms with Gasteiger partial charge in [0.2, 0.25) is 10.0 Å². The van der Waals surface area contributed by atoms with Gasteiger partial charge in [0.25, 0.3) is 5.91 Å². The van der Waals surface area contributed by atoms with Crippen LogP contribution in [0.5, 0.6) is 11.5 Å². The third-order valence-electron chi connectivity index (χ3n) is 4.48. The van der Waals surface area contributed by atoms with E-state index in [1.165, 1.54) is 11.0 Å². The SMILES string of the molecule is CN1C(=O)c2cc(NS(=O)(=O)Cc3cccc(Cl)c3)ccc2Oc2ccccc21. The van der Waals surface area contributed by atoms with Crippen molar-refractivity contribution >= 4 is 38.9 Å². The smallest absolute Gasteiger partial charge is 0.261 e. The maximum Gasteiger partial charge on any atom is 0.261 e. The predicted molar refractivity (Wildman–Crippen MR) is 113 cm³/mol. The first-order chi connectivity index (χ1) is 13.8. The Bertz CT molecular complexity index is 1210. The Morgan fingerprint density at radius 3 is 2.59 bits per heavy atom. The summed E-state index contributed by atoms with van der Waals surface area (Å²) < 4.78 is 33.5. The second-order valence-corrected chi connectivity index (χ2v) is 8.79. The van der Waals surface area contributed by atoms with Crippen LogP contribution in [0.2, 0.25) is 5.02 Å². The molecular formula is C21H17ClN2O4S. The molecule has 0 unspecified atom stereocenters. The highest BCUT2D eigenvalue weighted by Crippen LogP contribution is 2.39. The second kappa shape index (κ2) is 7.42. The summed E-state index contributed by atoms with van der Waals surface area (Å²) in [7, 11) is -2.05. The number of fused-ring (bicyclic) bond motifs is 2. The third kappa shape index (κ3) is 4.06. The lowest BCUT2D eigenvalue weighted by Crippen LogP contribution is -2.25. The molecule has 0 saturated carbocycles. The molecule has 1 aliphatic rings. The zero-order valence-electron chi connectivity index (χ0n) is 15.4. The zero-order chi connectivity index (χ0) is 20.6. The molecule has 8 heteroatoms. The fourth-order valence-electron chi connectivity index (χ4n) is 3.14. The van der Waals surface area contributed by atoms with Gasteiger partial charge in [0.05, 0.1) is 17.0 Å². The molecule has 0 aliphatic carbocycles. The maximum atomic E-state index is 12.9. The number of anilines is 2. The van der Waals surface area contributed by atoms with Crippen molar-refractivity contribution in [3.05, 3.63) is 82.9 Å². The fourth-order valence-corrected chi connectivity index (χ4v) is 4.53. The van der Waals surface area contributed by atoms with E-state index in [4.69, 9.17) is 16.3 Å². The topological polar surface area (TPSA) is 75.7 Å². The number of hydrogen-bond donors (Lipinski definition) is 1. The Hall–Kier alpha value is -3.03. The average Bonchev–Trinajstić information content (AvgIpc) is 2.77. The number of carbonyl (C=O) groups excluding carboxylic acids is 1. The summed E-state index contributed by atoms with van der Waals surface area (Å²) in [6.07, 6.45) is 0. The van der Waals surface area contributed by atoms with E-state index in [2.05, 4.69) is 4.72 Å². The summed E-state index contributed by atoms with van der Waals surface area (Å²) in [4.78, 5) is 14.4. The molecule has 0 aromatic heterocycles. The van der Waals surface area contributed by atoms with Gasteiger partial charge in [-0.2, -0.15) is 0 Å². The van der Waals surface area contributed by atoms with E-state index in [0.717, 1.165) is 0 Å². The van der Waals surface area contributed by atoms with Crippen LogP contribution in [0.4, 0.5) is 11.4 Å². The number of nitrogens with one attached hydrogen (secondary N) is 1. The first-order valence-corrected chi connectivity index (χ1v) is 10.8. The van der Waals surface area contributed by atoms with E-state index in [1.807, 2.05) is 12.1 Å². The van der Waals surface area contributed by atoms with E-state index in [-0.39, 0.29) is 22.9 Å². The molecule has 6 nitrogen and oxygen atoms in total. The van der Waals surface area contributed by atoms with E-state index in [0.29, 0.717) is 27.8 Å². The Kier molecular flexibility index (Phi) is 4.94. The molecule has 0 radical (unpaired) electrons. The van der Waals surface area contributed by atoms with E-state index >= 15 is 0 Å². The van der Waals surface area contributed by atoms with Crippen molar-refractivity contribution in [1.82, 2.24) is 0 Å². The molecule has 3 aromatic rings. The Balaban J connectivity index is 1.62. The number of carbonyl (C=O) groups is 1. The summed E-state index contributed by atoms with van der Waals surface area (Å²) in [6.45, 7) is 0. The van der Waals surface area contributed by atoms with Crippen molar-refractivity contribution in [1.29, 1.82) is 0 Å². The Labute approximate surface area is 173 Å². The van der Waals surface area contributed by atoms with Crippen LogP contribution >= 0.6 is 11.6 Å². The highest BCUT2D eigenvalue weighted by atomic mass is 35.5. The highest BCUT2D eigenvalue weighted by molar-refractivity contribution is 7.91. The van der Waals surface area contributed by atoms with E-state index < -0.39 is 10.0 Å². The fraction of sp³-hybridized carbons (Fsp3) is 0.0952. The lowest BCUT2D eigenvalue weighted by atomic mass is 10.1. The van der Waals surface area contributed by atoms with Crippen LogP contribution in [0.25, 0.3) is 0 Å². The standard InChI is InChI=1S/C21H17ClN2O4S/c1-24-18-7-2-3-8-20(18)28-19-10-9-16(12-17(19)21(24)25)23-29(26,27)13-14-5-4-6-15(22)11-14/h2-12,23H,13H2,1H3. The summed E-state index contributed by atoms with van der Waals surface area (Å²) in [5.74, 6) is 0.391. The monoisotopic (exact) mass is 428 g/mol. The predicted octanol–water partition coefficient (Wildman–Crippen LogP) is 4.66. The van der Waals surface area contributed by atoms with Crippen LogP contribution in [0.15, 0.2) is 66.7 Å².